The van der Waals surface area contributed by atoms with Gasteiger partial charge >= 0.3 is 0 Å². The maximum absolute atomic E-state index is 8.63. The summed E-state index contributed by atoms with van der Waals surface area (Å²) in [6.07, 6.45) is 4.54. The van der Waals surface area contributed by atoms with E-state index in [1.165, 1.54) is 0 Å². The number of phenols is 1. The number of aromatic hydroxyl groups is 1. The normalized spacial score (nSPS) is 9.65. The van der Waals surface area contributed by atoms with Crippen LogP contribution in [0.25, 0.3) is 0 Å². The Balaban J connectivity index is 0.000000313. The van der Waals surface area contributed by atoms with Crippen LogP contribution in [0.5, 0.6) is 17.2 Å². The van der Waals surface area contributed by atoms with Crippen molar-refractivity contribution in [2.24, 2.45) is 0 Å². The number of hydrogen-bond acceptors (Lipinski definition) is 3. The van der Waals surface area contributed by atoms with Gasteiger partial charge in [0.1, 0.15) is 17.2 Å². The fourth-order valence-corrected chi connectivity index (χ4v) is 1.73. The molecule has 0 saturated carbocycles. The zero-order chi connectivity index (χ0) is 16.8. The minimum atomic E-state index is 0.322. The van der Waals surface area contributed by atoms with Gasteiger partial charge in [-0.3, -0.25) is 0 Å². The Morgan fingerprint density at radius 3 is 1.43 bits per heavy atom. The van der Waals surface area contributed by atoms with Gasteiger partial charge < -0.3 is 14.6 Å². The van der Waals surface area contributed by atoms with E-state index in [0.717, 1.165) is 50.4 Å². The molecule has 2 aromatic rings. The van der Waals surface area contributed by atoms with Gasteiger partial charge in [-0.25, -0.2) is 0 Å². The van der Waals surface area contributed by atoms with Crippen LogP contribution in [0.15, 0.2) is 54.6 Å². The number of ether oxygens (including phenoxy) is 2. The van der Waals surface area contributed by atoms with Gasteiger partial charge in [0.15, 0.2) is 0 Å². The number of para-hydroxylation sites is 1. The van der Waals surface area contributed by atoms with Crippen molar-refractivity contribution < 1.29 is 14.6 Å². The molecule has 0 aromatic heterocycles. The van der Waals surface area contributed by atoms with E-state index in [1.807, 2.05) is 30.3 Å². The molecule has 126 valence electrons. The Labute approximate surface area is 139 Å². The second-order valence-corrected chi connectivity index (χ2v) is 5.21. The van der Waals surface area contributed by atoms with Gasteiger partial charge in [-0.15, -0.1) is 0 Å². The van der Waals surface area contributed by atoms with Crippen LogP contribution >= 0.6 is 0 Å². The Morgan fingerprint density at radius 1 is 0.696 bits per heavy atom. The Morgan fingerprint density at radius 2 is 1.13 bits per heavy atom. The third-order valence-electron chi connectivity index (χ3n) is 3.11. The summed E-state index contributed by atoms with van der Waals surface area (Å²) < 4.78 is 11.1. The van der Waals surface area contributed by atoms with Crippen molar-refractivity contribution in [3.8, 4) is 17.2 Å². The molecular weight excluding hydrogens is 288 g/mol. The quantitative estimate of drug-likeness (QED) is 0.659. The van der Waals surface area contributed by atoms with Crippen LogP contribution in [0, 0.1) is 0 Å². The highest BCUT2D eigenvalue weighted by molar-refractivity contribution is 5.31. The maximum atomic E-state index is 8.63. The first-order valence-electron chi connectivity index (χ1n) is 8.36. The summed E-state index contributed by atoms with van der Waals surface area (Å²) in [5.41, 5.74) is 0. The van der Waals surface area contributed by atoms with Crippen LogP contribution in [-0.2, 0) is 0 Å². The molecule has 1 N–H and O–H groups in total. The van der Waals surface area contributed by atoms with E-state index in [4.69, 9.17) is 14.6 Å². The van der Waals surface area contributed by atoms with E-state index < -0.39 is 0 Å². The molecule has 0 unspecified atom stereocenters. The lowest BCUT2D eigenvalue weighted by Gasteiger charge is -2.07. The van der Waals surface area contributed by atoms with E-state index in [9.17, 15) is 0 Å². The van der Waals surface area contributed by atoms with Crippen LogP contribution in [-0.4, -0.2) is 18.3 Å². The summed E-state index contributed by atoms with van der Waals surface area (Å²) in [4.78, 5) is 0. The van der Waals surface area contributed by atoms with Crippen LogP contribution < -0.4 is 9.47 Å². The maximum Gasteiger partial charge on any atom is 0.119 e. The molecule has 0 aliphatic rings. The fraction of sp³-hybridized carbons (Fsp3) is 0.400. The van der Waals surface area contributed by atoms with Gasteiger partial charge in [-0.05, 0) is 49.2 Å². The summed E-state index contributed by atoms with van der Waals surface area (Å²) >= 11 is 0. The second-order valence-electron chi connectivity index (χ2n) is 5.21. The predicted octanol–water partition coefficient (Wildman–Crippen LogP) is 5.44. The molecule has 2 aromatic carbocycles. The molecule has 3 heteroatoms. The van der Waals surface area contributed by atoms with E-state index in [2.05, 4.69) is 13.8 Å². The highest BCUT2D eigenvalue weighted by Gasteiger charge is 1.96. The van der Waals surface area contributed by atoms with Crippen LogP contribution in [0.2, 0.25) is 0 Å². The molecule has 0 aliphatic carbocycles. The van der Waals surface area contributed by atoms with Gasteiger partial charge in [0.05, 0.1) is 13.2 Å². The van der Waals surface area contributed by atoms with E-state index in [-0.39, 0.29) is 0 Å². The van der Waals surface area contributed by atoms with E-state index in [1.54, 1.807) is 24.3 Å². The number of phenolic OH excluding ortho intramolecular Hbond substituents is 1. The van der Waals surface area contributed by atoms with Gasteiger partial charge in [0.2, 0.25) is 0 Å². The van der Waals surface area contributed by atoms with Crippen molar-refractivity contribution in [3.63, 3.8) is 0 Å². The Bertz CT molecular complexity index is 465. The summed E-state index contributed by atoms with van der Waals surface area (Å²) in [5, 5.41) is 8.63. The molecular formula is C20H28O3. The number of benzene rings is 2. The summed E-state index contributed by atoms with van der Waals surface area (Å²) in [5.74, 6) is 2.18. The lowest BCUT2D eigenvalue weighted by Crippen LogP contribution is -1.98. The van der Waals surface area contributed by atoms with E-state index in [0.29, 0.717) is 5.75 Å². The first-order chi connectivity index (χ1) is 11.3. The van der Waals surface area contributed by atoms with Gasteiger partial charge in [0, 0.05) is 0 Å². The molecule has 3 nitrogen and oxygen atoms in total. The third-order valence-corrected chi connectivity index (χ3v) is 3.11. The van der Waals surface area contributed by atoms with Crippen LogP contribution in [0.4, 0.5) is 0 Å². The van der Waals surface area contributed by atoms with Crippen LogP contribution in [0.1, 0.15) is 39.5 Å². The smallest absolute Gasteiger partial charge is 0.119 e. The van der Waals surface area contributed by atoms with E-state index >= 15 is 0 Å². The molecule has 0 spiro atoms. The Kier molecular flexibility index (Phi) is 10.2. The van der Waals surface area contributed by atoms with Gasteiger partial charge in [0.25, 0.3) is 0 Å². The highest BCUT2D eigenvalue weighted by atomic mass is 16.5. The largest absolute Gasteiger partial charge is 0.508 e. The molecule has 0 bridgehead atoms. The zero-order valence-electron chi connectivity index (χ0n) is 14.2. The molecule has 0 atom stereocenters. The first-order valence-corrected chi connectivity index (χ1v) is 8.36. The molecule has 0 radical (unpaired) electrons. The average molecular weight is 316 g/mol. The summed E-state index contributed by atoms with van der Waals surface area (Å²) in [6.45, 7) is 5.92. The summed E-state index contributed by atoms with van der Waals surface area (Å²) in [6, 6.07) is 16.6. The molecule has 0 amide bonds. The van der Waals surface area contributed by atoms with Crippen molar-refractivity contribution in [2.45, 2.75) is 39.5 Å². The van der Waals surface area contributed by atoms with Crippen molar-refractivity contribution in [1.29, 1.82) is 0 Å². The van der Waals surface area contributed by atoms with Crippen molar-refractivity contribution in [1.82, 2.24) is 0 Å². The molecule has 23 heavy (non-hydrogen) atoms. The lowest BCUT2D eigenvalue weighted by atomic mass is 10.3. The second kappa shape index (κ2) is 12.4. The minimum Gasteiger partial charge on any atom is -0.508 e. The van der Waals surface area contributed by atoms with Gasteiger partial charge in [-0.2, -0.15) is 0 Å². The first kappa shape index (κ1) is 18.9. The van der Waals surface area contributed by atoms with Crippen molar-refractivity contribution in [3.05, 3.63) is 54.6 Å². The monoisotopic (exact) mass is 316 g/mol. The Hall–Kier alpha value is -2.16. The molecule has 0 heterocycles. The number of hydrogen-bond donors (Lipinski definition) is 1. The average Bonchev–Trinajstić information content (AvgIpc) is 2.58. The minimum absolute atomic E-state index is 0.322. The van der Waals surface area contributed by atoms with Gasteiger partial charge in [-0.1, -0.05) is 44.9 Å². The third kappa shape index (κ3) is 9.46. The SMILES string of the molecule is CCCCOc1ccc(OCCCC)cc1.Oc1ccccc1. The number of rotatable bonds is 8. The molecule has 0 fully saturated rings. The van der Waals surface area contributed by atoms with Crippen LogP contribution in [0.3, 0.4) is 0 Å². The van der Waals surface area contributed by atoms with Crippen molar-refractivity contribution in [2.75, 3.05) is 13.2 Å². The lowest BCUT2D eigenvalue weighted by molar-refractivity contribution is 0.301. The molecule has 2 rings (SSSR count). The fourth-order valence-electron chi connectivity index (χ4n) is 1.73. The molecule has 0 saturated heterocycles. The highest BCUT2D eigenvalue weighted by Crippen LogP contribution is 2.18. The zero-order valence-corrected chi connectivity index (χ0v) is 14.2. The van der Waals surface area contributed by atoms with Crippen molar-refractivity contribution >= 4 is 0 Å². The number of unbranched alkanes of at least 4 members (excludes halogenated alkanes) is 2. The standard InChI is InChI=1S/C14H22O2.C6H6O/c1-3-5-11-15-13-7-9-14(10-8-13)16-12-6-4-2;7-6-4-2-1-3-5-6/h7-10H,3-6,11-12H2,1-2H3;1-5,7H. The topological polar surface area (TPSA) is 38.7 Å². The molecule has 0 aliphatic heterocycles. The predicted molar refractivity (Wildman–Crippen MR) is 95.4 cm³/mol. The summed E-state index contributed by atoms with van der Waals surface area (Å²) in [7, 11) is 0.